The van der Waals surface area contributed by atoms with E-state index in [9.17, 15) is 14.3 Å². The Morgan fingerprint density at radius 1 is 1.06 bits per heavy atom. The van der Waals surface area contributed by atoms with Gasteiger partial charge in [0.05, 0.1) is 11.7 Å². The molecule has 2 fully saturated rings. The van der Waals surface area contributed by atoms with Gasteiger partial charge in [-0.05, 0) is 67.0 Å². The fraction of sp³-hybridized carbons (Fsp3) is 0.391. The van der Waals surface area contributed by atoms with Gasteiger partial charge in [0.2, 0.25) is 5.82 Å². The highest BCUT2D eigenvalue weighted by Gasteiger charge is 2.38. The van der Waals surface area contributed by atoms with Crippen molar-refractivity contribution in [2.75, 3.05) is 6.54 Å². The van der Waals surface area contributed by atoms with Crippen molar-refractivity contribution in [1.29, 1.82) is 0 Å². The monoisotopic (exact) mass is 473 g/mol. The SMILES string of the molecule is Cl.O=C(O)[C@@H]1C[C@@H]2C[C@@H](Oc3cccc(-c4ccccc4F)c3-c3nn[nH]n3)CC[C@H]2CN1. The second-order valence-electron chi connectivity index (χ2n) is 8.50. The molecule has 0 amide bonds. The molecule has 1 aliphatic heterocycles. The van der Waals surface area contributed by atoms with E-state index in [1.165, 1.54) is 6.07 Å². The summed E-state index contributed by atoms with van der Waals surface area (Å²) in [4.78, 5) is 11.4. The number of ether oxygens (including phenoxy) is 1. The summed E-state index contributed by atoms with van der Waals surface area (Å²) in [5.41, 5.74) is 1.65. The first-order valence-corrected chi connectivity index (χ1v) is 10.8. The molecule has 2 heterocycles. The fourth-order valence-corrected chi connectivity index (χ4v) is 5.03. The summed E-state index contributed by atoms with van der Waals surface area (Å²) in [6, 6.07) is 11.5. The number of rotatable bonds is 5. The molecule has 0 radical (unpaired) electrons. The fourth-order valence-electron chi connectivity index (χ4n) is 5.03. The zero-order valence-electron chi connectivity index (χ0n) is 17.8. The molecule has 5 rings (SSSR count). The zero-order chi connectivity index (χ0) is 22.1. The second kappa shape index (κ2) is 9.84. The van der Waals surface area contributed by atoms with Gasteiger partial charge >= 0.3 is 5.97 Å². The van der Waals surface area contributed by atoms with Crippen molar-refractivity contribution in [3.63, 3.8) is 0 Å². The number of fused-ring (bicyclic) bond motifs is 1. The maximum atomic E-state index is 14.6. The minimum Gasteiger partial charge on any atom is -0.490 e. The summed E-state index contributed by atoms with van der Waals surface area (Å²) in [6.07, 6.45) is 3.17. The number of carboxylic acid groups (broad SMARTS) is 1. The Hall–Kier alpha value is -3.04. The van der Waals surface area contributed by atoms with E-state index in [1.54, 1.807) is 18.2 Å². The molecule has 2 aliphatic rings. The van der Waals surface area contributed by atoms with Gasteiger partial charge in [-0.1, -0.05) is 30.3 Å². The molecular formula is C23H25ClFN5O3. The first-order valence-electron chi connectivity index (χ1n) is 10.8. The summed E-state index contributed by atoms with van der Waals surface area (Å²) in [5, 5.41) is 26.9. The number of piperidine rings is 1. The van der Waals surface area contributed by atoms with Crippen molar-refractivity contribution in [2.24, 2.45) is 11.8 Å². The van der Waals surface area contributed by atoms with Crippen LogP contribution in [0, 0.1) is 17.7 Å². The zero-order valence-corrected chi connectivity index (χ0v) is 18.6. The van der Waals surface area contributed by atoms with Gasteiger partial charge in [0.15, 0.2) is 0 Å². The normalized spacial score (nSPS) is 24.4. The first-order chi connectivity index (χ1) is 15.6. The number of H-pyrrole nitrogens is 1. The number of aromatic nitrogens is 4. The number of carboxylic acids is 1. The summed E-state index contributed by atoms with van der Waals surface area (Å²) >= 11 is 0. The summed E-state index contributed by atoms with van der Waals surface area (Å²) in [5.74, 6) is 0.513. The minimum absolute atomic E-state index is 0. The van der Waals surface area contributed by atoms with E-state index in [0.29, 0.717) is 46.5 Å². The lowest BCUT2D eigenvalue weighted by Gasteiger charge is -2.41. The molecule has 2 aromatic carbocycles. The van der Waals surface area contributed by atoms with Gasteiger partial charge < -0.3 is 15.2 Å². The predicted octanol–water partition coefficient (Wildman–Crippen LogP) is 3.70. The molecule has 10 heteroatoms. The average molecular weight is 474 g/mol. The van der Waals surface area contributed by atoms with Crippen LogP contribution >= 0.6 is 12.4 Å². The maximum absolute atomic E-state index is 14.6. The number of nitrogens with one attached hydrogen (secondary N) is 2. The van der Waals surface area contributed by atoms with Gasteiger partial charge in [-0.15, -0.1) is 22.6 Å². The number of tetrazole rings is 1. The molecule has 1 saturated heterocycles. The first kappa shape index (κ1) is 23.1. The van der Waals surface area contributed by atoms with Crippen molar-refractivity contribution in [2.45, 2.75) is 37.8 Å². The Morgan fingerprint density at radius 3 is 2.64 bits per heavy atom. The third-order valence-corrected chi connectivity index (χ3v) is 6.61. The van der Waals surface area contributed by atoms with Crippen LogP contribution in [0.4, 0.5) is 4.39 Å². The van der Waals surface area contributed by atoms with Crippen LogP contribution in [0.2, 0.25) is 0 Å². The Bertz CT molecular complexity index is 1110. The Balaban J connectivity index is 0.00000259. The van der Waals surface area contributed by atoms with E-state index in [4.69, 9.17) is 4.74 Å². The number of hydrogen-bond donors (Lipinski definition) is 3. The van der Waals surface area contributed by atoms with Crippen LogP contribution in [0.25, 0.3) is 22.5 Å². The van der Waals surface area contributed by atoms with E-state index in [-0.39, 0.29) is 24.3 Å². The van der Waals surface area contributed by atoms with Crippen molar-refractivity contribution in [3.8, 4) is 28.3 Å². The maximum Gasteiger partial charge on any atom is 0.320 e. The van der Waals surface area contributed by atoms with Crippen LogP contribution in [0.3, 0.4) is 0 Å². The quantitative estimate of drug-likeness (QED) is 0.517. The molecule has 0 unspecified atom stereocenters. The van der Waals surface area contributed by atoms with E-state index in [0.717, 1.165) is 25.8 Å². The molecule has 3 aromatic rings. The number of halogens is 2. The highest BCUT2D eigenvalue weighted by atomic mass is 35.5. The van der Waals surface area contributed by atoms with Gasteiger partial charge in [0, 0.05) is 5.56 Å². The molecule has 0 spiro atoms. The summed E-state index contributed by atoms with van der Waals surface area (Å²) in [7, 11) is 0. The molecule has 8 nitrogen and oxygen atoms in total. The lowest BCUT2D eigenvalue weighted by molar-refractivity contribution is -0.141. The molecular weight excluding hydrogens is 449 g/mol. The highest BCUT2D eigenvalue weighted by Crippen LogP contribution is 2.42. The molecule has 1 aromatic heterocycles. The van der Waals surface area contributed by atoms with Crippen LogP contribution in [0.1, 0.15) is 25.7 Å². The van der Waals surface area contributed by atoms with E-state index < -0.39 is 12.0 Å². The highest BCUT2D eigenvalue weighted by molar-refractivity contribution is 5.85. The van der Waals surface area contributed by atoms with Crippen LogP contribution in [0.15, 0.2) is 42.5 Å². The average Bonchev–Trinajstić information content (AvgIpc) is 3.33. The standard InChI is InChI=1S/C23H24FN5O3.ClH/c24-18-6-2-1-4-16(18)17-5-3-7-20(21(17)22-26-28-29-27-22)32-15-9-8-13-12-25-19(23(30)31)11-14(13)10-15;/h1-7,13-15,19,25H,8-12H2,(H,30,31)(H,26,27,28,29);1H/t13-,14-,15-,19-;/m0./s1. The lowest BCUT2D eigenvalue weighted by atomic mass is 9.72. The van der Waals surface area contributed by atoms with E-state index in [2.05, 4.69) is 25.9 Å². The minimum atomic E-state index is -0.802. The van der Waals surface area contributed by atoms with Crippen molar-refractivity contribution in [3.05, 3.63) is 48.3 Å². The molecule has 3 N–H and O–H groups in total. The topological polar surface area (TPSA) is 113 Å². The number of carbonyl (C=O) groups is 1. The van der Waals surface area contributed by atoms with Crippen molar-refractivity contribution < 1.29 is 19.0 Å². The molecule has 4 atom stereocenters. The molecule has 0 bridgehead atoms. The Kier molecular flexibility index (Phi) is 6.90. The Morgan fingerprint density at radius 2 is 1.88 bits per heavy atom. The van der Waals surface area contributed by atoms with Gasteiger partial charge in [0.25, 0.3) is 0 Å². The summed E-state index contributed by atoms with van der Waals surface area (Å²) < 4.78 is 21.1. The molecule has 33 heavy (non-hydrogen) atoms. The number of aromatic amines is 1. The largest absolute Gasteiger partial charge is 0.490 e. The lowest BCUT2D eigenvalue weighted by Crippen LogP contribution is -2.50. The van der Waals surface area contributed by atoms with Crippen molar-refractivity contribution >= 4 is 18.4 Å². The van der Waals surface area contributed by atoms with E-state index in [1.807, 2.05) is 18.2 Å². The molecule has 1 saturated carbocycles. The second-order valence-corrected chi connectivity index (χ2v) is 8.50. The predicted molar refractivity (Wildman–Crippen MR) is 122 cm³/mol. The number of aliphatic carboxylic acids is 1. The molecule has 174 valence electrons. The van der Waals surface area contributed by atoms with Crippen LogP contribution in [-0.2, 0) is 4.79 Å². The van der Waals surface area contributed by atoms with Crippen LogP contribution < -0.4 is 10.1 Å². The number of hydrogen-bond acceptors (Lipinski definition) is 6. The van der Waals surface area contributed by atoms with Crippen LogP contribution in [0.5, 0.6) is 5.75 Å². The van der Waals surface area contributed by atoms with Crippen molar-refractivity contribution in [1.82, 2.24) is 25.9 Å². The summed E-state index contributed by atoms with van der Waals surface area (Å²) in [6.45, 7) is 0.727. The number of benzene rings is 2. The van der Waals surface area contributed by atoms with Gasteiger partial charge in [-0.25, -0.2) is 4.39 Å². The van der Waals surface area contributed by atoms with Gasteiger partial charge in [-0.2, -0.15) is 5.21 Å². The van der Waals surface area contributed by atoms with Crippen LogP contribution in [-0.4, -0.2) is 50.4 Å². The van der Waals surface area contributed by atoms with Gasteiger partial charge in [0.1, 0.15) is 17.6 Å². The smallest absolute Gasteiger partial charge is 0.320 e. The molecule has 1 aliphatic carbocycles. The third-order valence-electron chi connectivity index (χ3n) is 6.61. The number of nitrogens with zero attached hydrogens (tertiary/aromatic N) is 3. The Labute approximate surface area is 196 Å². The third kappa shape index (κ3) is 4.69. The van der Waals surface area contributed by atoms with Gasteiger partial charge in [-0.3, -0.25) is 4.79 Å². The van der Waals surface area contributed by atoms with E-state index >= 15 is 0 Å².